The molecule has 142 valence electrons. The number of carbonyl (C=O) groups excluding carboxylic acids is 1. The van der Waals surface area contributed by atoms with Crippen LogP contribution in [0.25, 0.3) is 0 Å². The third-order valence-electron chi connectivity index (χ3n) is 4.91. The number of nitrogens with one attached hydrogen (secondary N) is 1. The van der Waals surface area contributed by atoms with Crippen LogP contribution < -0.4 is 5.32 Å². The second kappa shape index (κ2) is 8.50. The Morgan fingerprint density at radius 3 is 2.52 bits per heavy atom. The van der Waals surface area contributed by atoms with Crippen molar-refractivity contribution in [1.29, 1.82) is 0 Å². The molecular formula is C20H22ClN3O3. The Bertz CT molecular complexity index is 831. The minimum atomic E-state index is -0.487. The Hall–Kier alpha value is -2.44. The first-order valence-electron chi connectivity index (χ1n) is 8.95. The minimum Gasteiger partial charge on any atom is -0.349 e. The van der Waals surface area contributed by atoms with Crippen LogP contribution in [0.1, 0.15) is 34.3 Å². The van der Waals surface area contributed by atoms with Gasteiger partial charge in [-0.2, -0.15) is 0 Å². The van der Waals surface area contributed by atoms with Gasteiger partial charge in [0.2, 0.25) is 0 Å². The molecule has 1 amide bonds. The topological polar surface area (TPSA) is 75.5 Å². The van der Waals surface area contributed by atoms with Gasteiger partial charge in [0.05, 0.1) is 4.92 Å². The molecule has 7 heteroatoms. The van der Waals surface area contributed by atoms with Crippen molar-refractivity contribution in [2.45, 2.75) is 32.4 Å². The highest BCUT2D eigenvalue weighted by molar-refractivity contribution is 6.30. The summed E-state index contributed by atoms with van der Waals surface area (Å²) in [6, 6.07) is 12.7. The van der Waals surface area contributed by atoms with Crippen LogP contribution in [0.2, 0.25) is 5.02 Å². The van der Waals surface area contributed by atoms with E-state index in [0.29, 0.717) is 5.56 Å². The molecule has 1 N–H and O–H groups in total. The maximum absolute atomic E-state index is 12.6. The van der Waals surface area contributed by atoms with Crippen molar-refractivity contribution in [2.75, 3.05) is 13.1 Å². The van der Waals surface area contributed by atoms with E-state index in [9.17, 15) is 14.9 Å². The summed E-state index contributed by atoms with van der Waals surface area (Å²) < 4.78 is 0. The summed E-state index contributed by atoms with van der Waals surface area (Å²) in [5, 5.41) is 15.0. The molecule has 27 heavy (non-hydrogen) atoms. The van der Waals surface area contributed by atoms with Crippen molar-refractivity contribution in [2.24, 2.45) is 0 Å². The van der Waals surface area contributed by atoms with E-state index in [-0.39, 0.29) is 23.2 Å². The number of carbonyl (C=O) groups is 1. The number of nitro groups is 1. The lowest BCUT2D eigenvalue weighted by Gasteiger charge is -2.32. The second-order valence-electron chi connectivity index (χ2n) is 6.88. The van der Waals surface area contributed by atoms with E-state index in [1.165, 1.54) is 11.6 Å². The van der Waals surface area contributed by atoms with Gasteiger partial charge in [-0.25, -0.2) is 0 Å². The van der Waals surface area contributed by atoms with Gasteiger partial charge in [0.1, 0.15) is 5.56 Å². The van der Waals surface area contributed by atoms with Gasteiger partial charge in [0.15, 0.2) is 0 Å². The quantitative estimate of drug-likeness (QED) is 0.622. The molecule has 3 rings (SSSR count). The van der Waals surface area contributed by atoms with Crippen molar-refractivity contribution in [1.82, 2.24) is 10.2 Å². The molecule has 1 aliphatic heterocycles. The Kier molecular flexibility index (Phi) is 6.08. The van der Waals surface area contributed by atoms with Crippen LogP contribution >= 0.6 is 11.6 Å². The molecule has 0 aromatic heterocycles. The van der Waals surface area contributed by atoms with Crippen LogP contribution in [0.4, 0.5) is 5.69 Å². The molecule has 1 saturated heterocycles. The summed E-state index contributed by atoms with van der Waals surface area (Å²) in [7, 11) is 0. The van der Waals surface area contributed by atoms with Gasteiger partial charge >= 0.3 is 0 Å². The number of piperidine rings is 1. The number of nitro benzene ring substituents is 1. The molecular weight excluding hydrogens is 366 g/mol. The van der Waals surface area contributed by atoms with Gasteiger partial charge in [-0.3, -0.25) is 19.8 Å². The Labute approximate surface area is 163 Å². The molecule has 0 radical (unpaired) electrons. The van der Waals surface area contributed by atoms with Crippen LogP contribution in [-0.4, -0.2) is 34.9 Å². The molecule has 2 aromatic rings. The fraction of sp³-hybridized carbons (Fsp3) is 0.350. The number of rotatable bonds is 5. The maximum Gasteiger partial charge on any atom is 0.285 e. The van der Waals surface area contributed by atoms with Crippen molar-refractivity contribution in [3.63, 3.8) is 0 Å². The van der Waals surface area contributed by atoms with E-state index in [0.717, 1.165) is 37.5 Å². The Morgan fingerprint density at radius 1 is 1.22 bits per heavy atom. The first kappa shape index (κ1) is 19.3. The smallest absolute Gasteiger partial charge is 0.285 e. The lowest BCUT2D eigenvalue weighted by Crippen LogP contribution is -2.44. The number of halogens is 1. The van der Waals surface area contributed by atoms with Crippen LogP contribution in [0, 0.1) is 17.0 Å². The first-order chi connectivity index (χ1) is 12.9. The lowest BCUT2D eigenvalue weighted by molar-refractivity contribution is -0.385. The van der Waals surface area contributed by atoms with E-state index in [1.807, 2.05) is 24.3 Å². The van der Waals surface area contributed by atoms with E-state index >= 15 is 0 Å². The average molecular weight is 388 g/mol. The van der Waals surface area contributed by atoms with E-state index in [1.54, 1.807) is 19.1 Å². The number of amides is 1. The largest absolute Gasteiger partial charge is 0.349 e. The summed E-state index contributed by atoms with van der Waals surface area (Å²) in [5.41, 5.74) is 1.71. The molecule has 2 aromatic carbocycles. The zero-order chi connectivity index (χ0) is 19.4. The van der Waals surface area contributed by atoms with Gasteiger partial charge in [-0.05, 0) is 43.5 Å². The molecule has 0 bridgehead atoms. The molecule has 6 nitrogen and oxygen atoms in total. The highest BCUT2D eigenvalue weighted by atomic mass is 35.5. The minimum absolute atomic E-state index is 0.0269. The lowest BCUT2D eigenvalue weighted by atomic mass is 10.0. The number of benzene rings is 2. The number of nitrogens with zero attached hydrogens (tertiary/aromatic N) is 2. The predicted molar refractivity (Wildman–Crippen MR) is 105 cm³/mol. The monoisotopic (exact) mass is 387 g/mol. The number of likely N-dealkylation sites (tertiary alicyclic amines) is 1. The van der Waals surface area contributed by atoms with Gasteiger partial charge in [0.25, 0.3) is 11.6 Å². The first-order valence-corrected chi connectivity index (χ1v) is 9.33. The summed E-state index contributed by atoms with van der Waals surface area (Å²) in [4.78, 5) is 25.7. The molecule has 1 aliphatic rings. The summed E-state index contributed by atoms with van der Waals surface area (Å²) in [6.07, 6.45) is 1.64. The van der Waals surface area contributed by atoms with E-state index in [4.69, 9.17) is 11.6 Å². The van der Waals surface area contributed by atoms with Crippen LogP contribution in [0.15, 0.2) is 42.5 Å². The zero-order valence-corrected chi connectivity index (χ0v) is 15.9. The third kappa shape index (κ3) is 4.84. The summed E-state index contributed by atoms with van der Waals surface area (Å²) in [6.45, 7) is 4.22. The van der Waals surface area contributed by atoms with Gasteiger partial charge in [-0.15, -0.1) is 0 Å². The van der Waals surface area contributed by atoms with Crippen molar-refractivity contribution < 1.29 is 9.72 Å². The van der Waals surface area contributed by atoms with Crippen LogP contribution in [0.3, 0.4) is 0 Å². The van der Waals surface area contributed by atoms with Gasteiger partial charge in [-0.1, -0.05) is 35.9 Å². The molecule has 0 atom stereocenters. The van der Waals surface area contributed by atoms with Crippen LogP contribution in [0.5, 0.6) is 0 Å². The zero-order valence-electron chi connectivity index (χ0n) is 15.2. The predicted octanol–water partition coefficient (Wildman–Crippen LogP) is 3.95. The second-order valence-corrected chi connectivity index (χ2v) is 7.31. The fourth-order valence-corrected chi connectivity index (χ4v) is 3.56. The van der Waals surface area contributed by atoms with Crippen molar-refractivity contribution in [3.05, 3.63) is 74.3 Å². The molecule has 1 fully saturated rings. The highest BCUT2D eigenvalue weighted by Gasteiger charge is 2.26. The molecule has 0 aliphatic carbocycles. The van der Waals surface area contributed by atoms with Crippen LogP contribution in [-0.2, 0) is 6.54 Å². The normalized spacial score (nSPS) is 15.5. The standard InChI is InChI=1S/C20H22ClN3O3/c1-14-3-2-4-18(19(14)24(26)27)20(25)22-17-9-11-23(12-10-17)13-15-5-7-16(21)8-6-15/h2-8,17H,9-13H2,1H3,(H,22,25). The van der Waals surface area contributed by atoms with E-state index in [2.05, 4.69) is 10.2 Å². The Balaban J connectivity index is 1.56. The fourth-order valence-electron chi connectivity index (χ4n) is 3.43. The van der Waals surface area contributed by atoms with Crippen molar-refractivity contribution >= 4 is 23.2 Å². The van der Waals surface area contributed by atoms with E-state index < -0.39 is 4.92 Å². The summed E-state index contributed by atoms with van der Waals surface area (Å²) >= 11 is 5.92. The summed E-state index contributed by atoms with van der Waals surface area (Å²) in [5.74, 6) is -0.374. The number of hydrogen-bond acceptors (Lipinski definition) is 4. The van der Waals surface area contributed by atoms with Gasteiger partial charge < -0.3 is 5.32 Å². The molecule has 1 heterocycles. The maximum atomic E-state index is 12.6. The number of hydrogen-bond donors (Lipinski definition) is 1. The average Bonchev–Trinajstić information content (AvgIpc) is 2.64. The SMILES string of the molecule is Cc1cccc(C(=O)NC2CCN(Cc3ccc(Cl)cc3)CC2)c1[N+](=O)[O-]. The van der Waals surface area contributed by atoms with Crippen molar-refractivity contribution in [3.8, 4) is 0 Å². The molecule has 0 unspecified atom stereocenters. The highest BCUT2D eigenvalue weighted by Crippen LogP contribution is 2.23. The molecule has 0 saturated carbocycles. The Morgan fingerprint density at radius 2 is 1.89 bits per heavy atom. The van der Waals surface area contributed by atoms with Gasteiger partial charge in [0, 0.05) is 36.3 Å². The number of para-hydroxylation sites is 1. The number of aryl methyl sites for hydroxylation is 1. The molecule has 0 spiro atoms. The third-order valence-corrected chi connectivity index (χ3v) is 5.16.